The minimum absolute atomic E-state index is 0.509. The van der Waals surface area contributed by atoms with Gasteiger partial charge >= 0.3 is 0 Å². The zero-order valence-corrected chi connectivity index (χ0v) is 17.0. The third kappa shape index (κ3) is 4.34. The van der Waals surface area contributed by atoms with Crippen molar-refractivity contribution in [1.29, 1.82) is 0 Å². The fourth-order valence-corrected chi connectivity index (χ4v) is 3.46. The summed E-state index contributed by atoms with van der Waals surface area (Å²) in [5, 5.41) is 0. The molecule has 0 N–H and O–H groups in total. The van der Waals surface area contributed by atoms with Gasteiger partial charge in [-0.05, 0) is 70.7 Å². The smallest absolute Gasteiger partial charge is 0.0366 e. The summed E-state index contributed by atoms with van der Waals surface area (Å²) < 4.78 is 0. The Labute approximate surface area is 154 Å². The molecular formula is C24H33N. The summed E-state index contributed by atoms with van der Waals surface area (Å²) in [4.78, 5) is 2.19. The Morgan fingerprint density at radius 2 is 1.60 bits per heavy atom. The molecule has 0 saturated heterocycles. The van der Waals surface area contributed by atoms with Crippen LogP contribution in [0.5, 0.6) is 0 Å². The van der Waals surface area contributed by atoms with Gasteiger partial charge in [0.1, 0.15) is 0 Å². The van der Waals surface area contributed by atoms with Gasteiger partial charge in [0.15, 0.2) is 0 Å². The van der Waals surface area contributed by atoms with Gasteiger partial charge in [-0.3, -0.25) is 0 Å². The number of nitrogens with zero attached hydrogens (tertiary/aromatic N) is 1. The van der Waals surface area contributed by atoms with Crippen molar-refractivity contribution in [2.45, 2.75) is 52.9 Å². The molecular weight excluding hydrogens is 302 g/mol. The summed E-state index contributed by atoms with van der Waals surface area (Å²) in [5.41, 5.74) is 9.63. The molecule has 0 heterocycles. The van der Waals surface area contributed by atoms with E-state index in [2.05, 4.69) is 90.5 Å². The topological polar surface area (TPSA) is 3.24 Å². The number of benzene rings is 2. The first-order chi connectivity index (χ1) is 11.7. The van der Waals surface area contributed by atoms with Crippen LogP contribution in [0.15, 0.2) is 36.9 Å². The summed E-state index contributed by atoms with van der Waals surface area (Å²) in [6.07, 6.45) is 2.96. The molecule has 1 heteroatoms. The first kappa shape index (κ1) is 19.3. The third-order valence-electron chi connectivity index (χ3n) is 5.00. The average molecular weight is 336 g/mol. The zero-order valence-electron chi connectivity index (χ0n) is 17.0. The van der Waals surface area contributed by atoms with Crippen LogP contribution in [0, 0.1) is 6.92 Å². The van der Waals surface area contributed by atoms with Crippen LogP contribution in [0.3, 0.4) is 0 Å². The summed E-state index contributed by atoms with van der Waals surface area (Å²) in [5.74, 6) is 1.03. The monoisotopic (exact) mass is 335 g/mol. The van der Waals surface area contributed by atoms with E-state index in [-0.39, 0.29) is 0 Å². The van der Waals surface area contributed by atoms with Crippen molar-refractivity contribution in [1.82, 2.24) is 0 Å². The molecule has 0 aromatic heterocycles. The van der Waals surface area contributed by atoms with E-state index in [0.717, 1.165) is 6.42 Å². The highest BCUT2D eigenvalue weighted by Gasteiger charge is 2.14. The molecule has 0 unspecified atom stereocenters. The molecule has 1 nitrogen and oxygen atoms in total. The van der Waals surface area contributed by atoms with E-state index < -0.39 is 0 Å². The third-order valence-corrected chi connectivity index (χ3v) is 5.00. The molecule has 0 radical (unpaired) electrons. The number of aryl methyl sites for hydroxylation is 1. The first-order valence-corrected chi connectivity index (χ1v) is 9.30. The minimum Gasteiger partial charge on any atom is -0.378 e. The van der Waals surface area contributed by atoms with Crippen LogP contribution < -0.4 is 4.90 Å². The van der Waals surface area contributed by atoms with Gasteiger partial charge in [-0.2, -0.15) is 0 Å². The quantitative estimate of drug-likeness (QED) is 0.579. The highest BCUT2D eigenvalue weighted by atomic mass is 15.1. The van der Waals surface area contributed by atoms with Crippen LogP contribution in [0.25, 0.3) is 6.08 Å². The zero-order chi connectivity index (χ0) is 18.7. The summed E-state index contributed by atoms with van der Waals surface area (Å²) in [6.45, 7) is 15.3. The fourth-order valence-electron chi connectivity index (χ4n) is 3.46. The van der Waals surface area contributed by atoms with E-state index in [9.17, 15) is 0 Å². The molecule has 2 aromatic carbocycles. The van der Waals surface area contributed by atoms with Crippen molar-refractivity contribution in [3.63, 3.8) is 0 Å². The molecule has 0 spiro atoms. The van der Waals surface area contributed by atoms with E-state index in [0.29, 0.717) is 11.8 Å². The van der Waals surface area contributed by atoms with Crippen LogP contribution >= 0.6 is 0 Å². The molecule has 0 aliphatic heterocycles. The van der Waals surface area contributed by atoms with Gasteiger partial charge in [0, 0.05) is 19.8 Å². The second-order valence-corrected chi connectivity index (χ2v) is 7.88. The number of anilines is 1. The maximum Gasteiger partial charge on any atom is 0.0366 e. The van der Waals surface area contributed by atoms with E-state index in [1.165, 1.54) is 39.1 Å². The van der Waals surface area contributed by atoms with E-state index in [1.54, 1.807) is 0 Å². The predicted molar refractivity (Wildman–Crippen MR) is 113 cm³/mol. The van der Waals surface area contributed by atoms with Crippen LogP contribution in [0.4, 0.5) is 5.69 Å². The Balaban J connectivity index is 2.50. The summed E-state index contributed by atoms with van der Waals surface area (Å²) in [7, 11) is 4.23. The lowest BCUT2D eigenvalue weighted by atomic mass is 9.87. The lowest BCUT2D eigenvalue weighted by Gasteiger charge is -2.22. The SMILES string of the molecule is C=Cc1ccc(Cc2c(C)cc(N(C)C)cc2C(C)C)cc1C(C)C. The second-order valence-electron chi connectivity index (χ2n) is 7.88. The van der Waals surface area contributed by atoms with Gasteiger partial charge in [0.2, 0.25) is 0 Å². The lowest BCUT2D eigenvalue weighted by molar-refractivity contribution is 0.839. The van der Waals surface area contributed by atoms with Crippen molar-refractivity contribution < 1.29 is 0 Å². The Hall–Kier alpha value is -2.02. The Bertz CT molecular complexity index is 751. The van der Waals surface area contributed by atoms with Crippen molar-refractivity contribution in [2.24, 2.45) is 0 Å². The Morgan fingerprint density at radius 3 is 2.12 bits per heavy atom. The van der Waals surface area contributed by atoms with E-state index >= 15 is 0 Å². The molecule has 0 bridgehead atoms. The maximum atomic E-state index is 3.96. The largest absolute Gasteiger partial charge is 0.378 e. The number of rotatable bonds is 6. The molecule has 0 saturated carbocycles. The molecule has 0 fully saturated rings. The highest BCUT2D eigenvalue weighted by Crippen LogP contribution is 2.31. The molecule has 0 amide bonds. The normalized spacial score (nSPS) is 11.2. The number of hydrogen-bond acceptors (Lipinski definition) is 1. The van der Waals surface area contributed by atoms with Crippen LogP contribution in [-0.2, 0) is 6.42 Å². The second kappa shape index (κ2) is 7.91. The maximum absolute atomic E-state index is 3.96. The van der Waals surface area contributed by atoms with Crippen molar-refractivity contribution in [3.05, 3.63) is 70.3 Å². The van der Waals surface area contributed by atoms with Crippen LogP contribution in [0.1, 0.15) is 72.9 Å². The summed E-state index contributed by atoms with van der Waals surface area (Å²) in [6, 6.07) is 11.5. The predicted octanol–water partition coefficient (Wildman–Crippen LogP) is 6.54. The van der Waals surface area contributed by atoms with Gasteiger partial charge in [0.05, 0.1) is 0 Å². The molecule has 0 aliphatic carbocycles. The van der Waals surface area contributed by atoms with Crippen molar-refractivity contribution in [2.75, 3.05) is 19.0 Å². The van der Waals surface area contributed by atoms with Gasteiger partial charge in [-0.15, -0.1) is 0 Å². The molecule has 0 atom stereocenters. The number of hydrogen-bond donors (Lipinski definition) is 0. The van der Waals surface area contributed by atoms with Gasteiger partial charge < -0.3 is 4.90 Å². The lowest BCUT2D eigenvalue weighted by Crippen LogP contribution is -2.11. The minimum atomic E-state index is 0.509. The Kier molecular flexibility index (Phi) is 6.11. The van der Waals surface area contributed by atoms with Gasteiger partial charge in [0.25, 0.3) is 0 Å². The molecule has 2 rings (SSSR count). The molecule has 0 aliphatic rings. The van der Waals surface area contributed by atoms with Crippen molar-refractivity contribution in [3.8, 4) is 0 Å². The van der Waals surface area contributed by atoms with Gasteiger partial charge in [-0.1, -0.05) is 58.5 Å². The Morgan fingerprint density at radius 1 is 0.960 bits per heavy atom. The van der Waals surface area contributed by atoms with E-state index in [1.807, 2.05) is 6.08 Å². The van der Waals surface area contributed by atoms with E-state index in [4.69, 9.17) is 0 Å². The highest BCUT2D eigenvalue weighted by molar-refractivity contribution is 5.57. The average Bonchev–Trinajstić information content (AvgIpc) is 2.55. The molecule has 134 valence electrons. The van der Waals surface area contributed by atoms with Crippen LogP contribution in [-0.4, -0.2) is 14.1 Å². The first-order valence-electron chi connectivity index (χ1n) is 9.30. The van der Waals surface area contributed by atoms with Crippen LogP contribution in [0.2, 0.25) is 0 Å². The van der Waals surface area contributed by atoms with Gasteiger partial charge in [-0.25, -0.2) is 0 Å². The summed E-state index contributed by atoms with van der Waals surface area (Å²) >= 11 is 0. The molecule has 25 heavy (non-hydrogen) atoms. The standard InChI is InChI=1S/C24H33N/c1-9-20-11-10-19(13-22(20)16(2)3)14-24-18(6)12-21(25(7)8)15-23(24)17(4)5/h9-13,15-17H,1,14H2,2-8H3. The van der Waals surface area contributed by atoms with Crippen molar-refractivity contribution >= 4 is 11.8 Å². The molecule has 2 aromatic rings. The fraction of sp³-hybridized carbons (Fsp3) is 0.417.